The average Bonchev–Trinajstić information content (AvgIpc) is 3.02. The fourth-order valence-electron chi connectivity index (χ4n) is 2.38. The topological polar surface area (TPSA) is 59.1 Å². The van der Waals surface area contributed by atoms with Crippen LogP contribution in [0.1, 0.15) is 26.3 Å². The zero-order valence-electron chi connectivity index (χ0n) is 14.7. The molecule has 26 heavy (non-hydrogen) atoms. The van der Waals surface area contributed by atoms with Gasteiger partial charge in [-0.15, -0.1) is 11.3 Å². The lowest BCUT2D eigenvalue weighted by Crippen LogP contribution is -2.12. The third kappa shape index (κ3) is 4.11. The minimum Gasteiger partial charge on any atom is -0.255 e. The van der Waals surface area contributed by atoms with Crippen molar-refractivity contribution in [2.75, 3.05) is 4.72 Å². The van der Waals surface area contributed by atoms with Crippen molar-refractivity contribution in [2.24, 2.45) is 0 Å². The monoisotopic (exact) mass is 390 g/mol. The third-order valence-corrected chi connectivity index (χ3v) is 6.14. The second-order valence-electron chi connectivity index (χ2n) is 6.92. The SMILES string of the molecule is CC(C)(C)c1ccc(-c2csc(NS(=O)(=O)c3ccc(F)cc3)n2)cc1. The van der Waals surface area contributed by atoms with E-state index in [0.717, 1.165) is 17.7 Å². The molecule has 0 saturated heterocycles. The molecule has 1 heterocycles. The second kappa shape index (κ2) is 6.81. The number of thiazole rings is 1. The van der Waals surface area contributed by atoms with Gasteiger partial charge in [-0.3, -0.25) is 4.72 Å². The van der Waals surface area contributed by atoms with Crippen LogP contribution in [0, 0.1) is 5.82 Å². The number of hydrogen-bond acceptors (Lipinski definition) is 4. The molecule has 0 atom stereocenters. The maximum Gasteiger partial charge on any atom is 0.263 e. The van der Waals surface area contributed by atoms with Crippen molar-refractivity contribution in [1.29, 1.82) is 0 Å². The molecule has 0 fully saturated rings. The molecule has 7 heteroatoms. The van der Waals surface area contributed by atoms with Crippen LogP contribution in [0.25, 0.3) is 11.3 Å². The summed E-state index contributed by atoms with van der Waals surface area (Å²) in [6.07, 6.45) is 0. The highest BCUT2D eigenvalue weighted by Crippen LogP contribution is 2.29. The van der Waals surface area contributed by atoms with Gasteiger partial charge in [-0.05, 0) is 35.2 Å². The van der Waals surface area contributed by atoms with Crippen LogP contribution in [0.5, 0.6) is 0 Å². The van der Waals surface area contributed by atoms with Crippen LogP contribution in [0.3, 0.4) is 0 Å². The van der Waals surface area contributed by atoms with Crippen molar-refractivity contribution in [3.05, 3.63) is 65.3 Å². The van der Waals surface area contributed by atoms with Crippen molar-refractivity contribution < 1.29 is 12.8 Å². The highest BCUT2D eigenvalue weighted by atomic mass is 32.2. The fourth-order valence-corrected chi connectivity index (χ4v) is 4.35. The van der Waals surface area contributed by atoms with Crippen molar-refractivity contribution >= 4 is 26.5 Å². The average molecular weight is 391 g/mol. The molecule has 2 aromatic carbocycles. The summed E-state index contributed by atoms with van der Waals surface area (Å²) in [6, 6.07) is 12.7. The van der Waals surface area contributed by atoms with Gasteiger partial charge in [0.1, 0.15) is 5.82 Å². The summed E-state index contributed by atoms with van der Waals surface area (Å²) in [4.78, 5) is 4.35. The Hall–Kier alpha value is -2.25. The Bertz CT molecular complexity index is 1000. The maximum absolute atomic E-state index is 13.0. The van der Waals surface area contributed by atoms with Gasteiger partial charge in [-0.25, -0.2) is 17.8 Å². The zero-order chi connectivity index (χ0) is 18.9. The third-order valence-electron chi connectivity index (χ3n) is 3.90. The van der Waals surface area contributed by atoms with Gasteiger partial charge in [-0.1, -0.05) is 45.0 Å². The lowest BCUT2D eigenvalue weighted by molar-refractivity contribution is 0.590. The van der Waals surface area contributed by atoms with E-state index in [-0.39, 0.29) is 15.4 Å². The van der Waals surface area contributed by atoms with Crippen LogP contribution >= 0.6 is 11.3 Å². The summed E-state index contributed by atoms with van der Waals surface area (Å²) in [7, 11) is -3.79. The van der Waals surface area contributed by atoms with Crippen molar-refractivity contribution in [2.45, 2.75) is 31.1 Å². The largest absolute Gasteiger partial charge is 0.263 e. The lowest BCUT2D eigenvalue weighted by atomic mass is 9.86. The van der Waals surface area contributed by atoms with Gasteiger partial charge in [0.15, 0.2) is 5.13 Å². The van der Waals surface area contributed by atoms with Crippen molar-refractivity contribution in [1.82, 2.24) is 4.98 Å². The Morgan fingerprint density at radius 1 is 1.00 bits per heavy atom. The van der Waals surface area contributed by atoms with Gasteiger partial charge in [0, 0.05) is 10.9 Å². The van der Waals surface area contributed by atoms with E-state index in [9.17, 15) is 12.8 Å². The molecule has 0 aliphatic heterocycles. The van der Waals surface area contributed by atoms with Crippen molar-refractivity contribution in [3.8, 4) is 11.3 Å². The molecule has 1 aromatic heterocycles. The summed E-state index contributed by atoms with van der Waals surface area (Å²) in [5, 5.41) is 2.07. The van der Waals surface area contributed by atoms with Crippen LogP contribution in [0.2, 0.25) is 0 Å². The molecule has 0 unspecified atom stereocenters. The fraction of sp³-hybridized carbons (Fsp3) is 0.211. The Balaban J connectivity index is 1.80. The van der Waals surface area contributed by atoms with E-state index in [1.807, 2.05) is 12.1 Å². The predicted octanol–water partition coefficient (Wildman–Crippen LogP) is 5.05. The van der Waals surface area contributed by atoms with E-state index in [0.29, 0.717) is 5.69 Å². The molecular weight excluding hydrogens is 371 g/mol. The first-order valence-electron chi connectivity index (χ1n) is 8.00. The predicted molar refractivity (Wildman–Crippen MR) is 103 cm³/mol. The van der Waals surface area contributed by atoms with Crippen molar-refractivity contribution in [3.63, 3.8) is 0 Å². The summed E-state index contributed by atoms with van der Waals surface area (Å²) in [5.41, 5.74) is 2.90. The quantitative estimate of drug-likeness (QED) is 0.678. The van der Waals surface area contributed by atoms with Gasteiger partial charge in [0.05, 0.1) is 10.6 Å². The number of aromatic nitrogens is 1. The van der Waals surface area contributed by atoms with E-state index in [2.05, 4.69) is 42.6 Å². The first-order valence-corrected chi connectivity index (χ1v) is 10.4. The molecule has 0 aliphatic rings. The first-order chi connectivity index (χ1) is 12.1. The summed E-state index contributed by atoms with van der Waals surface area (Å²) in [6.45, 7) is 6.44. The number of nitrogens with zero attached hydrogens (tertiary/aromatic N) is 1. The van der Waals surface area contributed by atoms with Crippen LogP contribution in [-0.2, 0) is 15.4 Å². The minimum atomic E-state index is -3.79. The summed E-state index contributed by atoms with van der Waals surface area (Å²) < 4.78 is 40.1. The maximum atomic E-state index is 13.0. The van der Waals surface area contributed by atoms with Crippen LogP contribution in [0.15, 0.2) is 58.8 Å². The summed E-state index contributed by atoms with van der Waals surface area (Å²) >= 11 is 1.20. The molecule has 3 aromatic rings. The molecule has 1 N–H and O–H groups in total. The molecule has 0 aliphatic carbocycles. The van der Waals surface area contributed by atoms with Gasteiger partial charge in [0.2, 0.25) is 0 Å². The standard InChI is InChI=1S/C19H19FN2O2S2/c1-19(2,3)14-6-4-13(5-7-14)17-12-25-18(21-17)22-26(23,24)16-10-8-15(20)9-11-16/h4-12H,1-3H3,(H,21,22). The Labute approximate surface area is 156 Å². The smallest absolute Gasteiger partial charge is 0.255 e. The molecule has 0 bridgehead atoms. The molecule has 3 rings (SSSR count). The zero-order valence-corrected chi connectivity index (χ0v) is 16.3. The number of rotatable bonds is 4. The number of benzene rings is 2. The molecule has 0 saturated carbocycles. The second-order valence-corrected chi connectivity index (χ2v) is 9.47. The molecule has 136 valence electrons. The summed E-state index contributed by atoms with van der Waals surface area (Å²) in [5.74, 6) is -0.487. The minimum absolute atomic E-state index is 0.00909. The van der Waals surface area contributed by atoms with E-state index in [1.54, 1.807) is 5.38 Å². The number of halogens is 1. The molecule has 0 amide bonds. The lowest BCUT2D eigenvalue weighted by Gasteiger charge is -2.18. The Morgan fingerprint density at radius 2 is 1.62 bits per heavy atom. The number of nitrogens with one attached hydrogen (secondary N) is 1. The number of sulfonamides is 1. The van der Waals surface area contributed by atoms with Gasteiger partial charge < -0.3 is 0 Å². The van der Waals surface area contributed by atoms with E-state index in [1.165, 1.54) is 29.0 Å². The van der Waals surface area contributed by atoms with E-state index < -0.39 is 15.8 Å². The number of hydrogen-bond donors (Lipinski definition) is 1. The molecule has 0 spiro atoms. The van der Waals surface area contributed by atoms with Crippen LogP contribution < -0.4 is 4.72 Å². The van der Waals surface area contributed by atoms with E-state index >= 15 is 0 Å². The molecule has 4 nitrogen and oxygen atoms in total. The first kappa shape index (κ1) is 18.5. The van der Waals surface area contributed by atoms with Crippen LogP contribution in [-0.4, -0.2) is 13.4 Å². The molecule has 0 radical (unpaired) electrons. The number of anilines is 1. The van der Waals surface area contributed by atoms with Crippen LogP contribution in [0.4, 0.5) is 9.52 Å². The Kier molecular flexibility index (Phi) is 4.86. The van der Waals surface area contributed by atoms with Gasteiger partial charge in [0.25, 0.3) is 10.0 Å². The van der Waals surface area contributed by atoms with E-state index in [4.69, 9.17) is 0 Å². The van der Waals surface area contributed by atoms with Gasteiger partial charge >= 0.3 is 0 Å². The normalized spacial score (nSPS) is 12.2. The molecular formula is C19H19FN2O2S2. The Morgan fingerprint density at radius 3 is 2.19 bits per heavy atom. The van der Waals surface area contributed by atoms with Gasteiger partial charge in [-0.2, -0.15) is 0 Å². The highest BCUT2D eigenvalue weighted by Gasteiger charge is 2.17. The highest BCUT2D eigenvalue weighted by molar-refractivity contribution is 7.93.